The fourth-order valence-electron chi connectivity index (χ4n) is 4.27. The van der Waals surface area contributed by atoms with Gasteiger partial charge in [-0.2, -0.15) is 0 Å². The number of benzene rings is 1. The van der Waals surface area contributed by atoms with Crippen LogP contribution in [-0.4, -0.2) is 39.5 Å². The molecule has 0 aliphatic carbocycles. The van der Waals surface area contributed by atoms with Gasteiger partial charge in [-0.05, 0) is 43.5 Å². The number of fused-ring (bicyclic) bond motifs is 3. The quantitative estimate of drug-likeness (QED) is 0.719. The van der Waals surface area contributed by atoms with Crippen molar-refractivity contribution in [2.45, 2.75) is 56.4 Å². The third-order valence-electron chi connectivity index (χ3n) is 5.81. The molecule has 7 nitrogen and oxygen atoms in total. The van der Waals surface area contributed by atoms with Crippen LogP contribution in [0.15, 0.2) is 47.1 Å². The van der Waals surface area contributed by atoms with Crippen molar-refractivity contribution < 1.29 is 18.8 Å². The Morgan fingerprint density at radius 2 is 1.94 bits per heavy atom. The molecule has 0 bridgehead atoms. The first-order valence-electron chi connectivity index (χ1n) is 10.4. The van der Waals surface area contributed by atoms with E-state index in [9.17, 15) is 14.4 Å². The molecule has 1 saturated heterocycles. The number of nitrogens with zero attached hydrogens (tertiary/aromatic N) is 1. The molecular formula is C23H27N3O4S. The molecule has 3 amide bonds. The van der Waals surface area contributed by atoms with Crippen LogP contribution < -0.4 is 10.6 Å². The van der Waals surface area contributed by atoms with E-state index >= 15 is 0 Å². The van der Waals surface area contributed by atoms with Gasteiger partial charge in [0.15, 0.2) is 0 Å². The largest absolute Gasteiger partial charge is 0.467 e. The molecule has 0 spiro atoms. The van der Waals surface area contributed by atoms with Gasteiger partial charge >= 0.3 is 0 Å². The number of nitrogens with one attached hydrogen (secondary N) is 2. The Morgan fingerprint density at radius 3 is 2.61 bits per heavy atom. The number of rotatable bonds is 6. The Bertz CT molecular complexity index is 1000. The van der Waals surface area contributed by atoms with Crippen LogP contribution in [0.25, 0.3) is 0 Å². The minimum absolute atomic E-state index is 0.125. The van der Waals surface area contributed by atoms with E-state index in [1.165, 1.54) is 0 Å². The zero-order valence-corrected chi connectivity index (χ0v) is 18.9. The van der Waals surface area contributed by atoms with Gasteiger partial charge < -0.3 is 20.0 Å². The van der Waals surface area contributed by atoms with Gasteiger partial charge in [0.1, 0.15) is 23.2 Å². The van der Waals surface area contributed by atoms with Gasteiger partial charge in [-0.1, -0.05) is 32.0 Å². The minimum atomic E-state index is -0.720. The molecule has 164 valence electrons. The first-order valence-corrected chi connectivity index (χ1v) is 11.3. The molecule has 2 N–H and O–H groups in total. The lowest BCUT2D eigenvalue weighted by molar-refractivity contribution is -0.132. The molecule has 4 rings (SSSR count). The SMILES string of the molecule is CC(C)[C@H](NC(=O)[C@H]1N2C(=O)c3ccccc3[C@@H]2SC1(C)C)C(=O)NCc1ccco1. The number of thioether (sulfide) groups is 1. The highest BCUT2D eigenvalue weighted by Crippen LogP contribution is 2.56. The van der Waals surface area contributed by atoms with Crippen molar-refractivity contribution in [1.82, 2.24) is 15.5 Å². The fourth-order valence-corrected chi connectivity index (χ4v) is 5.86. The number of carbonyl (C=O) groups excluding carboxylic acids is 3. The third kappa shape index (κ3) is 3.84. The zero-order valence-electron chi connectivity index (χ0n) is 18.0. The number of carbonyl (C=O) groups is 3. The van der Waals surface area contributed by atoms with E-state index in [0.29, 0.717) is 11.3 Å². The molecule has 1 aromatic carbocycles. The summed E-state index contributed by atoms with van der Waals surface area (Å²) in [6.07, 6.45) is 1.55. The second-order valence-electron chi connectivity index (χ2n) is 8.80. The molecule has 0 radical (unpaired) electrons. The standard InChI is InChI=1S/C23H27N3O4S/c1-13(2)17(19(27)24-12-14-8-7-11-30-14)25-20(28)18-23(3,4)31-22-16-10-6-5-9-15(16)21(29)26(18)22/h5-11,13,17-18,22H,12H2,1-4H3,(H,24,27)(H,25,28)/t17-,18+,22-/m0/s1. The Labute approximate surface area is 185 Å². The maximum Gasteiger partial charge on any atom is 0.256 e. The van der Waals surface area contributed by atoms with Gasteiger partial charge in [-0.3, -0.25) is 14.4 Å². The smallest absolute Gasteiger partial charge is 0.256 e. The maximum atomic E-state index is 13.4. The van der Waals surface area contributed by atoms with E-state index < -0.39 is 16.8 Å². The number of furan rings is 1. The summed E-state index contributed by atoms with van der Waals surface area (Å²) in [7, 11) is 0. The summed E-state index contributed by atoms with van der Waals surface area (Å²) in [6, 6.07) is 9.63. The van der Waals surface area contributed by atoms with Crippen LogP contribution in [0.2, 0.25) is 0 Å². The average molecular weight is 442 g/mol. The maximum absolute atomic E-state index is 13.4. The van der Waals surface area contributed by atoms with Gasteiger partial charge in [0.05, 0.1) is 12.8 Å². The van der Waals surface area contributed by atoms with Gasteiger partial charge in [0.2, 0.25) is 11.8 Å². The van der Waals surface area contributed by atoms with Crippen molar-refractivity contribution in [2.24, 2.45) is 5.92 Å². The Kier molecular flexibility index (Phi) is 5.60. The molecule has 31 heavy (non-hydrogen) atoms. The molecule has 2 aliphatic heterocycles. The lowest BCUT2D eigenvalue weighted by Gasteiger charge is -2.32. The number of hydrogen-bond donors (Lipinski definition) is 2. The average Bonchev–Trinajstić information content (AvgIpc) is 3.40. The predicted octanol–water partition coefficient (Wildman–Crippen LogP) is 3.09. The Hall–Kier alpha value is -2.74. The number of hydrogen-bond acceptors (Lipinski definition) is 5. The van der Waals surface area contributed by atoms with Crippen molar-refractivity contribution in [1.29, 1.82) is 0 Å². The summed E-state index contributed by atoms with van der Waals surface area (Å²) in [5, 5.41) is 5.54. The molecule has 1 aromatic heterocycles. The molecular weight excluding hydrogens is 414 g/mol. The lowest BCUT2D eigenvalue weighted by atomic mass is 9.98. The van der Waals surface area contributed by atoms with E-state index in [-0.39, 0.29) is 35.6 Å². The molecule has 2 aliphatic rings. The summed E-state index contributed by atoms with van der Waals surface area (Å²) in [6.45, 7) is 7.95. The van der Waals surface area contributed by atoms with Gasteiger partial charge in [-0.25, -0.2) is 0 Å². The van der Waals surface area contributed by atoms with Crippen LogP contribution in [0.3, 0.4) is 0 Å². The van der Waals surface area contributed by atoms with Crippen LogP contribution in [-0.2, 0) is 16.1 Å². The van der Waals surface area contributed by atoms with Crippen LogP contribution >= 0.6 is 11.8 Å². The summed E-state index contributed by atoms with van der Waals surface area (Å²) in [5.41, 5.74) is 1.59. The van der Waals surface area contributed by atoms with Gasteiger partial charge in [0, 0.05) is 10.3 Å². The minimum Gasteiger partial charge on any atom is -0.467 e. The van der Waals surface area contributed by atoms with E-state index in [4.69, 9.17) is 4.42 Å². The highest BCUT2D eigenvalue weighted by atomic mass is 32.2. The summed E-state index contributed by atoms with van der Waals surface area (Å²) < 4.78 is 4.76. The fraction of sp³-hybridized carbons (Fsp3) is 0.435. The van der Waals surface area contributed by atoms with E-state index in [0.717, 1.165) is 5.56 Å². The monoisotopic (exact) mass is 441 g/mol. The van der Waals surface area contributed by atoms with Crippen LogP contribution in [0.1, 0.15) is 54.8 Å². The highest BCUT2D eigenvalue weighted by molar-refractivity contribution is 8.01. The van der Waals surface area contributed by atoms with E-state index in [2.05, 4.69) is 10.6 Å². The number of amides is 3. The van der Waals surface area contributed by atoms with Crippen molar-refractivity contribution in [3.63, 3.8) is 0 Å². The van der Waals surface area contributed by atoms with Crippen molar-refractivity contribution in [3.8, 4) is 0 Å². The molecule has 8 heteroatoms. The second-order valence-corrected chi connectivity index (χ2v) is 10.5. The molecule has 3 atom stereocenters. The predicted molar refractivity (Wildman–Crippen MR) is 118 cm³/mol. The van der Waals surface area contributed by atoms with Crippen LogP contribution in [0.5, 0.6) is 0 Å². The molecule has 1 fully saturated rings. The van der Waals surface area contributed by atoms with E-state index in [1.807, 2.05) is 45.9 Å². The highest BCUT2D eigenvalue weighted by Gasteiger charge is 2.57. The lowest BCUT2D eigenvalue weighted by Crippen LogP contribution is -2.58. The Balaban J connectivity index is 1.52. The van der Waals surface area contributed by atoms with Gasteiger partial charge in [-0.15, -0.1) is 11.8 Å². The molecule has 3 heterocycles. The first kappa shape index (κ1) is 21.5. The first-order chi connectivity index (χ1) is 14.7. The summed E-state index contributed by atoms with van der Waals surface area (Å²) in [5.74, 6) is -0.218. The summed E-state index contributed by atoms with van der Waals surface area (Å²) >= 11 is 1.61. The summed E-state index contributed by atoms with van der Waals surface area (Å²) in [4.78, 5) is 41.0. The second kappa shape index (κ2) is 8.07. The molecule has 2 aromatic rings. The molecule has 0 unspecified atom stereocenters. The van der Waals surface area contributed by atoms with E-state index in [1.54, 1.807) is 41.1 Å². The van der Waals surface area contributed by atoms with Crippen LogP contribution in [0, 0.1) is 5.92 Å². The third-order valence-corrected chi connectivity index (χ3v) is 7.34. The van der Waals surface area contributed by atoms with Crippen molar-refractivity contribution in [2.75, 3.05) is 0 Å². The molecule has 0 saturated carbocycles. The Morgan fingerprint density at radius 1 is 1.19 bits per heavy atom. The van der Waals surface area contributed by atoms with Crippen molar-refractivity contribution >= 4 is 29.5 Å². The van der Waals surface area contributed by atoms with Crippen molar-refractivity contribution in [3.05, 3.63) is 59.5 Å². The van der Waals surface area contributed by atoms with Gasteiger partial charge in [0.25, 0.3) is 5.91 Å². The normalized spacial score (nSPS) is 22.2. The topological polar surface area (TPSA) is 91.7 Å². The van der Waals surface area contributed by atoms with Crippen LogP contribution in [0.4, 0.5) is 0 Å². The zero-order chi connectivity index (χ0) is 22.3.